The van der Waals surface area contributed by atoms with Crippen molar-refractivity contribution in [3.8, 4) is 0 Å². The number of hydrogen-bond donors (Lipinski definition) is 0. The van der Waals surface area contributed by atoms with Crippen molar-refractivity contribution >= 4 is 25.2 Å². The number of nitrogens with zero attached hydrogens (tertiary/aromatic N) is 2. The van der Waals surface area contributed by atoms with Gasteiger partial charge < -0.3 is 18.3 Å². The fourth-order valence-electron chi connectivity index (χ4n) is 3.52. The van der Waals surface area contributed by atoms with E-state index < -0.39 is 24.8 Å². The van der Waals surface area contributed by atoms with Crippen LogP contribution in [0.1, 0.15) is 64.7 Å². The molecule has 0 saturated heterocycles. The van der Waals surface area contributed by atoms with Crippen molar-refractivity contribution in [2.45, 2.75) is 70.6 Å². The fraction of sp³-hybridized carbons (Fsp3) is 0.591. The van der Waals surface area contributed by atoms with Crippen LogP contribution in [0.2, 0.25) is 5.02 Å². The molecular weight excluding hydrogens is 455 g/mol. The molecular formula is C22H30ClN2O6P. The molecule has 8 nitrogen and oxygen atoms in total. The molecule has 10 heteroatoms. The van der Waals surface area contributed by atoms with E-state index in [2.05, 4.69) is 10.1 Å². The molecule has 0 amide bonds. The molecule has 0 aliphatic heterocycles. The second-order valence-corrected chi connectivity index (χ2v) is 11.4. The number of ether oxygens (including phenoxy) is 1. The third kappa shape index (κ3) is 5.60. The van der Waals surface area contributed by atoms with E-state index in [0.717, 1.165) is 18.4 Å². The largest absolute Gasteiger partial charge is 0.459 e. The molecule has 0 spiro atoms. The molecule has 1 unspecified atom stereocenters. The molecule has 0 radical (unpaired) electrons. The van der Waals surface area contributed by atoms with Gasteiger partial charge in [0.25, 0.3) is 0 Å². The quantitative estimate of drug-likeness (QED) is 0.330. The van der Waals surface area contributed by atoms with E-state index >= 15 is 0 Å². The summed E-state index contributed by atoms with van der Waals surface area (Å²) in [5, 5.41) is 4.80. The summed E-state index contributed by atoms with van der Waals surface area (Å²) >= 11 is 6.16. The SMILES string of the molecule is CCOP(=O)(OCC)C(Cc1nc(C2(c3cccc(Cl)c3)CC2)no1)C(=O)OC(C)(C)C. The predicted molar refractivity (Wildman–Crippen MR) is 120 cm³/mol. The zero-order chi connectivity index (χ0) is 23.6. The maximum atomic E-state index is 13.5. The van der Waals surface area contributed by atoms with Crippen molar-refractivity contribution in [2.75, 3.05) is 13.2 Å². The van der Waals surface area contributed by atoms with Gasteiger partial charge in [-0.25, -0.2) is 0 Å². The first-order valence-corrected chi connectivity index (χ1v) is 12.7. The van der Waals surface area contributed by atoms with Crippen LogP contribution in [0, 0.1) is 0 Å². The zero-order valence-corrected chi connectivity index (χ0v) is 20.7. The molecule has 1 aromatic heterocycles. The Morgan fingerprint density at radius 3 is 2.44 bits per heavy atom. The summed E-state index contributed by atoms with van der Waals surface area (Å²) in [5.74, 6) is -0.0115. The van der Waals surface area contributed by atoms with E-state index in [4.69, 9.17) is 29.9 Å². The van der Waals surface area contributed by atoms with Crippen molar-refractivity contribution < 1.29 is 27.7 Å². The molecule has 1 saturated carbocycles. The lowest BCUT2D eigenvalue weighted by molar-refractivity contribution is -0.154. The van der Waals surface area contributed by atoms with Gasteiger partial charge in [-0.2, -0.15) is 4.98 Å². The van der Waals surface area contributed by atoms with Crippen LogP contribution in [-0.2, 0) is 35.0 Å². The van der Waals surface area contributed by atoms with Gasteiger partial charge in [-0.05, 0) is 65.2 Å². The van der Waals surface area contributed by atoms with E-state index in [9.17, 15) is 9.36 Å². The first-order chi connectivity index (χ1) is 15.0. The van der Waals surface area contributed by atoms with Crippen LogP contribution in [0.4, 0.5) is 0 Å². The van der Waals surface area contributed by atoms with Gasteiger partial charge in [0.2, 0.25) is 5.89 Å². The number of carbonyl (C=O) groups excluding carboxylic acids is 1. The summed E-state index contributed by atoms with van der Waals surface area (Å²) in [6.07, 6.45) is 1.60. The summed E-state index contributed by atoms with van der Waals surface area (Å²) in [6, 6.07) is 7.58. The number of aromatic nitrogens is 2. The van der Waals surface area contributed by atoms with Crippen LogP contribution < -0.4 is 0 Å². The highest BCUT2D eigenvalue weighted by Crippen LogP contribution is 2.55. The number of rotatable bonds is 10. The summed E-state index contributed by atoms with van der Waals surface area (Å²) in [6.45, 7) is 8.81. The number of halogens is 1. The molecule has 1 aliphatic rings. The van der Waals surface area contributed by atoms with Crippen LogP contribution in [0.15, 0.2) is 28.8 Å². The van der Waals surface area contributed by atoms with Gasteiger partial charge in [0.1, 0.15) is 5.60 Å². The predicted octanol–water partition coefficient (Wildman–Crippen LogP) is 5.32. The van der Waals surface area contributed by atoms with Crippen LogP contribution >= 0.6 is 19.2 Å². The second-order valence-electron chi connectivity index (χ2n) is 8.73. The molecule has 0 N–H and O–H groups in total. The molecule has 1 fully saturated rings. The Bertz CT molecular complexity index is 988. The smallest absolute Gasteiger partial charge is 0.345 e. The maximum Gasteiger partial charge on any atom is 0.345 e. The molecule has 2 aromatic rings. The Kier molecular flexibility index (Phi) is 7.50. The van der Waals surface area contributed by atoms with Crippen LogP contribution in [0.5, 0.6) is 0 Å². The standard InChI is InChI=1S/C22H30ClN2O6P/c1-6-28-32(27,29-7-2)17(19(26)30-21(3,4)5)14-18-24-20(25-31-18)22(11-12-22)15-9-8-10-16(23)13-15/h8-10,13,17H,6-7,11-12,14H2,1-5H3. The average Bonchev–Trinajstić information content (AvgIpc) is 3.37. The first kappa shape index (κ1) is 24.9. The van der Waals surface area contributed by atoms with Gasteiger partial charge in [0, 0.05) is 5.02 Å². The van der Waals surface area contributed by atoms with Crippen LogP contribution in [0.3, 0.4) is 0 Å². The third-order valence-corrected chi connectivity index (χ3v) is 7.70. The maximum absolute atomic E-state index is 13.5. The Hall–Kier alpha value is -1.73. The first-order valence-electron chi connectivity index (χ1n) is 10.7. The normalized spacial score (nSPS) is 16.6. The number of esters is 1. The minimum atomic E-state index is -3.84. The lowest BCUT2D eigenvalue weighted by Crippen LogP contribution is -2.34. The third-order valence-electron chi connectivity index (χ3n) is 5.07. The van der Waals surface area contributed by atoms with E-state index in [1.807, 2.05) is 24.3 Å². The minimum Gasteiger partial charge on any atom is -0.459 e. The van der Waals surface area contributed by atoms with E-state index in [-0.39, 0.29) is 30.9 Å². The number of carbonyl (C=O) groups is 1. The summed E-state index contributed by atoms with van der Waals surface area (Å²) in [7, 11) is -3.84. The van der Waals surface area contributed by atoms with Crippen molar-refractivity contribution in [1.29, 1.82) is 0 Å². The summed E-state index contributed by atoms with van der Waals surface area (Å²) in [4.78, 5) is 17.5. The topological polar surface area (TPSA) is 101 Å². The number of hydrogen-bond acceptors (Lipinski definition) is 8. The molecule has 1 aliphatic carbocycles. The molecule has 1 heterocycles. The summed E-state index contributed by atoms with van der Waals surface area (Å²) < 4.78 is 35.3. The average molecular weight is 485 g/mol. The Labute approximate surface area is 193 Å². The van der Waals surface area contributed by atoms with Gasteiger partial charge in [-0.3, -0.25) is 9.36 Å². The van der Waals surface area contributed by atoms with Gasteiger partial charge in [0.05, 0.1) is 25.0 Å². The highest BCUT2D eigenvalue weighted by atomic mass is 35.5. The van der Waals surface area contributed by atoms with Gasteiger partial charge >= 0.3 is 13.6 Å². The highest BCUT2D eigenvalue weighted by molar-refractivity contribution is 7.55. The van der Waals surface area contributed by atoms with E-state index in [1.54, 1.807) is 34.6 Å². The Morgan fingerprint density at radius 2 is 1.91 bits per heavy atom. The van der Waals surface area contributed by atoms with Gasteiger partial charge in [0.15, 0.2) is 11.5 Å². The lowest BCUT2D eigenvalue weighted by Gasteiger charge is -2.27. The fourth-order valence-corrected chi connectivity index (χ4v) is 5.56. The van der Waals surface area contributed by atoms with Crippen molar-refractivity contribution in [2.24, 2.45) is 0 Å². The Morgan fingerprint density at radius 1 is 1.25 bits per heavy atom. The molecule has 3 rings (SSSR count). The molecule has 176 valence electrons. The minimum absolute atomic E-state index is 0.115. The van der Waals surface area contributed by atoms with E-state index in [1.165, 1.54) is 0 Å². The monoisotopic (exact) mass is 484 g/mol. The number of benzene rings is 1. The van der Waals surface area contributed by atoms with Gasteiger partial charge in [-0.15, -0.1) is 0 Å². The van der Waals surface area contributed by atoms with Crippen molar-refractivity contribution in [3.05, 3.63) is 46.6 Å². The van der Waals surface area contributed by atoms with Crippen LogP contribution in [-0.4, -0.2) is 40.6 Å². The Balaban J connectivity index is 1.89. The molecule has 1 aromatic carbocycles. The van der Waals surface area contributed by atoms with Crippen molar-refractivity contribution in [1.82, 2.24) is 10.1 Å². The van der Waals surface area contributed by atoms with E-state index in [0.29, 0.717) is 10.8 Å². The molecule has 0 bridgehead atoms. The molecule has 1 atom stereocenters. The zero-order valence-electron chi connectivity index (χ0n) is 19.1. The highest BCUT2D eigenvalue weighted by Gasteiger charge is 2.51. The summed E-state index contributed by atoms with van der Waals surface area (Å²) in [5.41, 5.74) is -1.35. The van der Waals surface area contributed by atoms with Crippen molar-refractivity contribution in [3.63, 3.8) is 0 Å². The van der Waals surface area contributed by atoms with Gasteiger partial charge in [-0.1, -0.05) is 28.9 Å². The second kappa shape index (κ2) is 9.64. The molecule has 32 heavy (non-hydrogen) atoms. The van der Waals surface area contributed by atoms with Crippen LogP contribution in [0.25, 0.3) is 0 Å². The lowest BCUT2D eigenvalue weighted by atomic mass is 9.95.